The van der Waals surface area contributed by atoms with Crippen molar-refractivity contribution in [3.63, 3.8) is 0 Å². The van der Waals surface area contributed by atoms with Gasteiger partial charge in [-0.2, -0.15) is 0 Å². The molecule has 2 atom stereocenters. The maximum Gasteiger partial charge on any atom is 0.127 e. The van der Waals surface area contributed by atoms with Gasteiger partial charge < -0.3 is 9.84 Å². The number of aliphatic hydroxyl groups is 1. The van der Waals surface area contributed by atoms with Crippen molar-refractivity contribution in [1.82, 2.24) is 0 Å². The molecule has 3 heteroatoms. The van der Waals surface area contributed by atoms with Gasteiger partial charge in [0.15, 0.2) is 0 Å². The molecule has 3 rings (SSSR count). The van der Waals surface area contributed by atoms with Crippen LogP contribution in [-0.4, -0.2) is 5.11 Å². The van der Waals surface area contributed by atoms with Gasteiger partial charge in [-0.1, -0.05) is 18.2 Å². The zero-order chi connectivity index (χ0) is 14.3. The normalized spacial score (nSPS) is 21.2. The Morgan fingerprint density at radius 3 is 2.55 bits per heavy atom. The van der Waals surface area contributed by atoms with Crippen molar-refractivity contribution in [2.45, 2.75) is 32.5 Å². The van der Waals surface area contributed by atoms with Gasteiger partial charge in [0.1, 0.15) is 17.7 Å². The quantitative estimate of drug-likeness (QED) is 0.850. The summed E-state index contributed by atoms with van der Waals surface area (Å²) in [6, 6.07) is 10.4. The van der Waals surface area contributed by atoms with Gasteiger partial charge >= 0.3 is 0 Å². The van der Waals surface area contributed by atoms with E-state index in [1.807, 2.05) is 32.0 Å². The van der Waals surface area contributed by atoms with E-state index >= 15 is 0 Å². The molecular formula is C17H17FO2. The second-order valence-corrected chi connectivity index (χ2v) is 5.35. The average Bonchev–Trinajstić information content (AvgIpc) is 2.39. The molecule has 1 aliphatic rings. The molecule has 2 unspecified atom stereocenters. The van der Waals surface area contributed by atoms with Crippen molar-refractivity contribution < 1.29 is 14.2 Å². The van der Waals surface area contributed by atoms with E-state index in [1.165, 1.54) is 12.1 Å². The van der Waals surface area contributed by atoms with Crippen LogP contribution in [-0.2, 0) is 0 Å². The summed E-state index contributed by atoms with van der Waals surface area (Å²) in [5, 5.41) is 10.3. The standard InChI is InChI=1S/C17H17FO2/c1-10-4-3-5-11(2)17(10)16-9-14(19)13-8-12(18)6-7-15(13)20-16/h3-8,14,16,19H,9H2,1-2H3. The van der Waals surface area contributed by atoms with Crippen LogP contribution in [0.25, 0.3) is 0 Å². The molecule has 0 aliphatic carbocycles. The number of halogens is 1. The molecule has 104 valence electrons. The molecule has 0 amide bonds. The highest BCUT2D eigenvalue weighted by Gasteiger charge is 2.29. The largest absolute Gasteiger partial charge is 0.485 e. The Labute approximate surface area is 117 Å². The Kier molecular flexibility index (Phi) is 3.22. The second kappa shape index (κ2) is 4.91. The number of fused-ring (bicyclic) bond motifs is 1. The van der Waals surface area contributed by atoms with Gasteiger partial charge in [0, 0.05) is 12.0 Å². The Morgan fingerprint density at radius 1 is 1.15 bits per heavy atom. The highest BCUT2D eigenvalue weighted by atomic mass is 19.1. The molecular weight excluding hydrogens is 255 g/mol. The summed E-state index contributed by atoms with van der Waals surface area (Å²) in [6.45, 7) is 4.08. The van der Waals surface area contributed by atoms with E-state index in [2.05, 4.69) is 0 Å². The summed E-state index contributed by atoms with van der Waals surface area (Å²) in [5.41, 5.74) is 3.94. The van der Waals surface area contributed by atoms with Crippen LogP contribution in [0.4, 0.5) is 4.39 Å². The van der Waals surface area contributed by atoms with E-state index in [4.69, 9.17) is 4.74 Å². The number of hydrogen-bond acceptors (Lipinski definition) is 2. The van der Waals surface area contributed by atoms with Crippen molar-refractivity contribution >= 4 is 0 Å². The van der Waals surface area contributed by atoms with Gasteiger partial charge in [0.25, 0.3) is 0 Å². The summed E-state index contributed by atoms with van der Waals surface area (Å²) in [6.07, 6.45) is -0.440. The van der Waals surface area contributed by atoms with Gasteiger partial charge in [-0.05, 0) is 48.7 Å². The minimum atomic E-state index is -0.696. The maximum absolute atomic E-state index is 13.2. The third kappa shape index (κ3) is 2.18. The van der Waals surface area contributed by atoms with Crippen LogP contribution < -0.4 is 4.74 Å². The summed E-state index contributed by atoms with van der Waals surface area (Å²) in [7, 11) is 0. The lowest BCUT2D eigenvalue weighted by Gasteiger charge is -2.31. The van der Waals surface area contributed by atoms with E-state index in [1.54, 1.807) is 6.07 Å². The topological polar surface area (TPSA) is 29.5 Å². The molecule has 2 aromatic rings. The van der Waals surface area contributed by atoms with Crippen LogP contribution in [0.1, 0.15) is 40.9 Å². The van der Waals surface area contributed by atoms with Crippen molar-refractivity contribution in [2.75, 3.05) is 0 Å². The highest BCUT2D eigenvalue weighted by molar-refractivity contribution is 5.42. The number of aliphatic hydroxyl groups excluding tert-OH is 1. The van der Waals surface area contributed by atoms with Crippen molar-refractivity contribution in [3.8, 4) is 5.75 Å². The van der Waals surface area contributed by atoms with Gasteiger partial charge in [-0.15, -0.1) is 0 Å². The fourth-order valence-corrected chi connectivity index (χ4v) is 2.93. The molecule has 0 bridgehead atoms. The number of rotatable bonds is 1. The molecule has 1 N–H and O–H groups in total. The van der Waals surface area contributed by atoms with E-state index in [-0.39, 0.29) is 11.9 Å². The maximum atomic E-state index is 13.2. The lowest BCUT2D eigenvalue weighted by atomic mass is 9.90. The summed E-state index contributed by atoms with van der Waals surface area (Å²) in [4.78, 5) is 0. The fraction of sp³-hybridized carbons (Fsp3) is 0.294. The first-order chi connectivity index (χ1) is 9.56. The second-order valence-electron chi connectivity index (χ2n) is 5.35. The number of hydrogen-bond donors (Lipinski definition) is 1. The van der Waals surface area contributed by atoms with Gasteiger partial charge in [-0.25, -0.2) is 4.39 Å². The monoisotopic (exact) mass is 272 g/mol. The fourth-order valence-electron chi connectivity index (χ4n) is 2.93. The van der Waals surface area contributed by atoms with Crippen molar-refractivity contribution in [1.29, 1.82) is 0 Å². The lowest BCUT2D eigenvalue weighted by molar-refractivity contribution is 0.0648. The number of ether oxygens (including phenoxy) is 1. The SMILES string of the molecule is Cc1cccc(C)c1C1CC(O)c2cc(F)ccc2O1. The van der Waals surface area contributed by atoms with Gasteiger partial charge in [0.2, 0.25) is 0 Å². The van der Waals surface area contributed by atoms with Gasteiger partial charge in [-0.3, -0.25) is 0 Å². The Morgan fingerprint density at radius 2 is 1.85 bits per heavy atom. The van der Waals surface area contributed by atoms with Crippen molar-refractivity contribution in [3.05, 3.63) is 64.5 Å². The molecule has 0 saturated heterocycles. The van der Waals surface area contributed by atoms with E-state index < -0.39 is 6.10 Å². The van der Waals surface area contributed by atoms with E-state index in [0.29, 0.717) is 17.7 Å². The first-order valence-electron chi connectivity index (χ1n) is 6.76. The third-order valence-corrected chi connectivity index (χ3v) is 3.90. The molecule has 0 spiro atoms. The van der Waals surface area contributed by atoms with Crippen LogP contribution >= 0.6 is 0 Å². The van der Waals surface area contributed by atoms with Crippen LogP contribution in [0.2, 0.25) is 0 Å². The van der Waals surface area contributed by atoms with Crippen LogP contribution in [0.15, 0.2) is 36.4 Å². The molecule has 1 heterocycles. The Hall–Kier alpha value is -1.87. The number of aryl methyl sites for hydroxylation is 2. The van der Waals surface area contributed by atoms with E-state index in [9.17, 15) is 9.50 Å². The smallest absolute Gasteiger partial charge is 0.127 e. The Bertz CT molecular complexity index is 631. The van der Waals surface area contributed by atoms with Crippen LogP contribution in [0.3, 0.4) is 0 Å². The van der Waals surface area contributed by atoms with Crippen molar-refractivity contribution in [2.24, 2.45) is 0 Å². The molecule has 0 saturated carbocycles. The molecule has 2 nitrogen and oxygen atoms in total. The van der Waals surface area contributed by atoms with Crippen LogP contribution in [0, 0.1) is 19.7 Å². The molecule has 2 aromatic carbocycles. The molecule has 0 radical (unpaired) electrons. The molecule has 1 aliphatic heterocycles. The van der Waals surface area contributed by atoms with Gasteiger partial charge in [0.05, 0.1) is 6.10 Å². The average molecular weight is 272 g/mol. The Balaban J connectivity index is 2.01. The molecule has 20 heavy (non-hydrogen) atoms. The minimum absolute atomic E-state index is 0.191. The number of benzene rings is 2. The summed E-state index contributed by atoms with van der Waals surface area (Å²) in [5.74, 6) is 0.217. The van der Waals surface area contributed by atoms with Crippen LogP contribution in [0.5, 0.6) is 5.75 Å². The predicted molar refractivity (Wildman–Crippen MR) is 75.3 cm³/mol. The first-order valence-corrected chi connectivity index (χ1v) is 6.76. The third-order valence-electron chi connectivity index (χ3n) is 3.90. The summed E-state index contributed by atoms with van der Waals surface area (Å²) < 4.78 is 19.2. The molecule has 0 aromatic heterocycles. The minimum Gasteiger partial charge on any atom is -0.485 e. The molecule has 0 fully saturated rings. The highest BCUT2D eigenvalue weighted by Crippen LogP contribution is 2.42. The lowest BCUT2D eigenvalue weighted by Crippen LogP contribution is -2.20. The van der Waals surface area contributed by atoms with E-state index in [0.717, 1.165) is 16.7 Å². The zero-order valence-electron chi connectivity index (χ0n) is 11.6. The predicted octanol–water partition coefficient (Wildman–Crippen LogP) is 4.00. The zero-order valence-corrected chi connectivity index (χ0v) is 11.6. The first kappa shape index (κ1) is 13.1. The summed E-state index contributed by atoms with van der Waals surface area (Å²) >= 11 is 0.